The minimum atomic E-state index is -0.275. The molecule has 7 nitrogen and oxygen atoms in total. The molecule has 0 spiro atoms. The molecule has 3 aromatic heterocycles. The minimum Gasteiger partial charge on any atom is -0.481 e. The number of pyridine rings is 1. The van der Waals surface area contributed by atoms with Gasteiger partial charge in [0, 0.05) is 55.6 Å². The number of methoxy groups -OCH3 is 1. The van der Waals surface area contributed by atoms with Gasteiger partial charge in [-0.15, -0.1) is 5.10 Å². The van der Waals surface area contributed by atoms with Crippen molar-refractivity contribution in [3.63, 3.8) is 0 Å². The molecule has 5 rings (SSSR count). The van der Waals surface area contributed by atoms with E-state index in [1.165, 1.54) is 12.1 Å². The maximum Gasteiger partial charge on any atom is 0.215 e. The molecule has 4 heterocycles. The largest absolute Gasteiger partial charge is 0.481 e. The van der Waals surface area contributed by atoms with Crippen molar-refractivity contribution in [2.24, 2.45) is 0 Å². The van der Waals surface area contributed by atoms with Crippen LogP contribution in [0.1, 0.15) is 13.8 Å². The second kappa shape index (κ2) is 8.48. The van der Waals surface area contributed by atoms with E-state index in [9.17, 15) is 4.39 Å². The number of hydrogen-bond donors (Lipinski definition) is 0. The van der Waals surface area contributed by atoms with Crippen molar-refractivity contribution in [3.05, 3.63) is 48.4 Å². The normalized spacial score (nSPS) is 15.1. The highest BCUT2D eigenvalue weighted by atomic mass is 32.1. The highest BCUT2D eigenvalue weighted by molar-refractivity contribution is 7.20. The average Bonchev–Trinajstić information content (AvgIpc) is 3.38. The van der Waals surface area contributed by atoms with Gasteiger partial charge in [-0.05, 0) is 44.2 Å². The second-order valence-corrected chi connectivity index (χ2v) is 9.03. The van der Waals surface area contributed by atoms with E-state index in [1.807, 2.05) is 16.6 Å². The first-order chi connectivity index (χ1) is 15.5. The van der Waals surface area contributed by atoms with Gasteiger partial charge >= 0.3 is 0 Å². The monoisotopic (exact) mass is 452 g/mol. The summed E-state index contributed by atoms with van der Waals surface area (Å²) in [4.78, 5) is 14.7. The quantitative estimate of drug-likeness (QED) is 0.452. The first kappa shape index (κ1) is 20.8. The summed E-state index contributed by atoms with van der Waals surface area (Å²) in [7, 11) is 1.59. The Kier molecular flexibility index (Phi) is 5.52. The van der Waals surface area contributed by atoms with Gasteiger partial charge in [-0.1, -0.05) is 11.3 Å². The molecule has 1 aliphatic rings. The van der Waals surface area contributed by atoms with E-state index in [-0.39, 0.29) is 5.82 Å². The predicted molar refractivity (Wildman–Crippen MR) is 125 cm³/mol. The van der Waals surface area contributed by atoms with E-state index in [0.29, 0.717) is 11.9 Å². The van der Waals surface area contributed by atoms with Crippen molar-refractivity contribution in [1.82, 2.24) is 24.5 Å². The lowest BCUT2D eigenvalue weighted by atomic mass is 10.1. The molecule has 4 aromatic rings. The number of nitrogens with zero attached hydrogens (tertiary/aromatic N) is 6. The lowest BCUT2D eigenvalue weighted by Crippen LogP contribution is -2.48. The number of hydrogen-bond acceptors (Lipinski definition) is 7. The fourth-order valence-electron chi connectivity index (χ4n) is 4.03. The van der Waals surface area contributed by atoms with Crippen molar-refractivity contribution in [3.8, 4) is 28.4 Å². The summed E-state index contributed by atoms with van der Waals surface area (Å²) in [5, 5.41) is 5.91. The van der Waals surface area contributed by atoms with Gasteiger partial charge in [-0.3, -0.25) is 4.90 Å². The van der Waals surface area contributed by atoms with Crippen LogP contribution in [0.2, 0.25) is 0 Å². The lowest BCUT2D eigenvalue weighted by Gasteiger charge is -2.36. The number of fused-ring (bicyclic) bond motifs is 1. The molecule has 166 valence electrons. The number of imidazole rings is 1. The van der Waals surface area contributed by atoms with E-state index in [4.69, 9.17) is 14.8 Å². The highest BCUT2D eigenvalue weighted by Crippen LogP contribution is 2.37. The number of rotatable bonds is 5. The third-order valence-corrected chi connectivity index (χ3v) is 6.81. The van der Waals surface area contributed by atoms with Crippen molar-refractivity contribution in [2.75, 3.05) is 38.2 Å². The molecule has 1 saturated heterocycles. The maximum absolute atomic E-state index is 13.5. The minimum absolute atomic E-state index is 0.275. The first-order valence-electron chi connectivity index (χ1n) is 10.7. The van der Waals surface area contributed by atoms with Gasteiger partial charge in [0.15, 0.2) is 0 Å². The average molecular weight is 453 g/mol. The Morgan fingerprint density at radius 3 is 2.47 bits per heavy atom. The summed E-state index contributed by atoms with van der Waals surface area (Å²) in [6, 6.07) is 10.7. The first-order valence-corrected chi connectivity index (χ1v) is 11.5. The molecule has 0 saturated carbocycles. The summed E-state index contributed by atoms with van der Waals surface area (Å²) in [5.74, 6) is 0.241. The number of aromatic nitrogens is 4. The summed E-state index contributed by atoms with van der Waals surface area (Å²) >= 11 is 1.58. The Hall–Kier alpha value is -3.04. The van der Waals surface area contributed by atoms with Crippen LogP contribution in [0.3, 0.4) is 0 Å². The summed E-state index contributed by atoms with van der Waals surface area (Å²) in [5.41, 5.74) is 3.33. The maximum atomic E-state index is 13.5. The molecule has 9 heteroatoms. The van der Waals surface area contributed by atoms with E-state index in [1.54, 1.807) is 36.8 Å². The fourth-order valence-corrected chi connectivity index (χ4v) is 4.99. The second-order valence-electron chi connectivity index (χ2n) is 8.10. The predicted octanol–water partition coefficient (Wildman–Crippen LogP) is 4.20. The lowest BCUT2D eigenvalue weighted by molar-refractivity contribution is 0.209. The summed E-state index contributed by atoms with van der Waals surface area (Å²) in [6.07, 6.45) is 1.71. The Balaban J connectivity index is 1.58. The van der Waals surface area contributed by atoms with Crippen molar-refractivity contribution < 1.29 is 9.13 Å². The number of benzene rings is 1. The van der Waals surface area contributed by atoms with Gasteiger partial charge in [0.25, 0.3) is 0 Å². The zero-order chi connectivity index (χ0) is 22.2. The molecule has 0 atom stereocenters. The molecule has 1 fully saturated rings. The summed E-state index contributed by atoms with van der Waals surface area (Å²) in [6.45, 7) is 8.40. The molecule has 0 N–H and O–H groups in total. The van der Waals surface area contributed by atoms with E-state index in [2.05, 4.69) is 28.6 Å². The van der Waals surface area contributed by atoms with Gasteiger partial charge < -0.3 is 9.64 Å². The topological polar surface area (TPSA) is 58.8 Å². The number of ether oxygens (including phenoxy) is 1. The molecule has 0 bridgehead atoms. The van der Waals surface area contributed by atoms with E-state index >= 15 is 0 Å². The molecule has 32 heavy (non-hydrogen) atoms. The van der Waals surface area contributed by atoms with Crippen LogP contribution in [0.4, 0.5) is 9.52 Å². The number of piperazine rings is 1. The van der Waals surface area contributed by atoms with Crippen LogP contribution in [0.5, 0.6) is 5.88 Å². The molecule has 0 aliphatic carbocycles. The van der Waals surface area contributed by atoms with Crippen LogP contribution in [0.15, 0.2) is 42.6 Å². The van der Waals surface area contributed by atoms with E-state index < -0.39 is 0 Å². The smallest absolute Gasteiger partial charge is 0.215 e. The Morgan fingerprint density at radius 1 is 1.03 bits per heavy atom. The van der Waals surface area contributed by atoms with Gasteiger partial charge in [0.2, 0.25) is 16.0 Å². The SMILES string of the molecule is COc1cc(-c2c(-c3ccc(F)cc3)nc3sc(N4CCN(C(C)C)CC4)nn23)ccn1. The third kappa shape index (κ3) is 3.82. The van der Waals surface area contributed by atoms with Crippen LogP contribution >= 0.6 is 11.3 Å². The Bertz CT molecular complexity index is 1230. The molecular weight excluding hydrogens is 427 g/mol. The standard InChI is InChI=1S/C23H25FN6OS/c1-15(2)28-10-12-29(13-11-28)23-27-30-21(17-8-9-25-19(14-17)31-3)20(26-22(30)32-23)16-4-6-18(24)7-5-16/h4-9,14-15H,10-13H2,1-3H3. The summed E-state index contributed by atoms with van der Waals surface area (Å²) < 4.78 is 20.8. The Morgan fingerprint density at radius 2 is 1.78 bits per heavy atom. The number of halogens is 1. The zero-order valence-corrected chi connectivity index (χ0v) is 19.1. The van der Waals surface area contributed by atoms with Crippen LogP contribution in [-0.4, -0.2) is 63.8 Å². The van der Waals surface area contributed by atoms with Crippen LogP contribution < -0.4 is 9.64 Å². The van der Waals surface area contributed by atoms with E-state index in [0.717, 1.165) is 58.8 Å². The van der Waals surface area contributed by atoms with Crippen molar-refractivity contribution in [1.29, 1.82) is 0 Å². The highest BCUT2D eigenvalue weighted by Gasteiger charge is 2.25. The molecule has 0 radical (unpaired) electrons. The van der Waals surface area contributed by atoms with Crippen LogP contribution in [-0.2, 0) is 0 Å². The molecule has 1 aliphatic heterocycles. The van der Waals surface area contributed by atoms with Gasteiger partial charge in [-0.25, -0.2) is 18.9 Å². The fraction of sp³-hybridized carbons (Fsp3) is 0.348. The third-order valence-electron chi connectivity index (χ3n) is 5.84. The van der Waals surface area contributed by atoms with Crippen LogP contribution in [0.25, 0.3) is 27.5 Å². The molecule has 0 unspecified atom stereocenters. The number of anilines is 1. The molecule has 0 amide bonds. The molecule has 1 aromatic carbocycles. The Labute approximate surface area is 190 Å². The molecular formula is C23H25FN6OS. The van der Waals surface area contributed by atoms with Gasteiger partial charge in [0.1, 0.15) is 17.2 Å². The van der Waals surface area contributed by atoms with Crippen molar-refractivity contribution >= 4 is 21.4 Å². The van der Waals surface area contributed by atoms with Crippen LogP contribution in [0, 0.1) is 5.82 Å². The zero-order valence-electron chi connectivity index (χ0n) is 18.3. The van der Waals surface area contributed by atoms with Gasteiger partial charge in [-0.2, -0.15) is 0 Å². The van der Waals surface area contributed by atoms with Gasteiger partial charge in [0.05, 0.1) is 7.11 Å². The van der Waals surface area contributed by atoms with Crippen molar-refractivity contribution in [2.45, 2.75) is 19.9 Å².